The van der Waals surface area contributed by atoms with E-state index in [-0.39, 0.29) is 17.0 Å². The largest absolute Gasteiger partial charge is 0.511 e. The van der Waals surface area contributed by atoms with Gasteiger partial charge >= 0.3 is 0 Å². The van der Waals surface area contributed by atoms with Crippen molar-refractivity contribution < 1.29 is 9.90 Å². The van der Waals surface area contributed by atoms with Crippen LogP contribution in [0.4, 0.5) is 5.69 Å². The normalized spacial score (nSPS) is 19.6. The van der Waals surface area contributed by atoms with E-state index in [4.69, 9.17) is 0 Å². The molecule has 1 aromatic heterocycles. The Kier molecular flexibility index (Phi) is 3.28. The molecule has 0 atom stereocenters. The molecule has 1 heterocycles. The third-order valence-electron chi connectivity index (χ3n) is 2.90. The second-order valence-electron chi connectivity index (χ2n) is 5.26. The van der Waals surface area contributed by atoms with Crippen molar-refractivity contribution in [1.82, 2.24) is 4.98 Å². The number of carbonyl (C=O) groups excluding carboxylic acids is 1. The molecule has 1 aliphatic carbocycles. The first-order valence-corrected chi connectivity index (χ1v) is 5.87. The topological polar surface area (TPSA) is 62.5 Å². The van der Waals surface area contributed by atoms with Crippen molar-refractivity contribution in [3.63, 3.8) is 0 Å². The van der Waals surface area contributed by atoms with Crippen molar-refractivity contribution in [3.05, 3.63) is 35.9 Å². The number of aliphatic imine (C=N–C) groups is 1. The summed E-state index contributed by atoms with van der Waals surface area (Å²) in [5, 5.41) is 9.91. The maximum absolute atomic E-state index is 11.9. The fraction of sp³-hybridized carbons (Fsp3) is 0.357. The molecule has 2 rings (SSSR count). The average molecular weight is 244 g/mol. The second kappa shape index (κ2) is 4.72. The van der Waals surface area contributed by atoms with E-state index < -0.39 is 0 Å². The van der Waals surface area contributed by atoms with Gasteiger partial charge in [0.15, 0.2) is 5.78 Å². The highest BCUT2D eigenvalue weighted by Crippen LogP contribution is 2.35. The first-order valence-electron chi connectivity index (χ1n) is 5.87. The lowest BCUT2D eigenvalue weighted by molar-refractivity contribution is -0.117. The van der Waals surface area contributed by atoms with Crippen molar-refractivity contribution in [2.75, 3.05) is 0 Å². The summed E-state index contributed by atoms with van der Waals surface area (Å²) < 4.78 is 0. The molecule has 0 saturated heterocycles. The number of ketones is 1. The molecular weight excluding hydrogens is 228 g/mol. The average Bonchev–Trinajstić information content (AvgIpc) is 2.27. The Morgan fingerprint density at radius 1 is 1.33 bits per heavy atom. The van der Waals surface area contributed by atoms with E-state index in [9.17, 15) is 9.90 Å². The van der Waals surface area contributed by atoms with Crippen LogP contribution in [0.5, 0.6) is 0 Å². The number of allylic oxidation sites excluding steroid dienone is 2. The maximum Gasteiger partial charge on any atom is 0.168 e. The minimum atomic E-state index is -0.171. The van der Waals surface area contributed by atoms with Gasteiger partial charge in [0.2, 0.25) is 0 Å². The molecule has 0 unspecified atom stereocenters. The maximum atomic E-state index is 11.9. The van der Waals surface area contributed by atoms with Crippen LogP contribution in [-0.2, 0) is 4.79 Å². The first kappa shape index (κ1) is 12.5. The summed E-state index contributed by atoms with van der Waals surface area (Å²) in [6.07, 6.45) is 5.66. The van der Waals surface area contributed by atoms with E-state index in [2.05, 4.69) is 9.98 Å². The van der Waals surface area contributed by atoms with Crippen LogP contribution in [0.25, 0.3) is 0 Å². The number of pyridine rings is 1. The Hall–Kier alpha value is -1.97. The highest BCUT2D eigenvalue weighted by atomic mass is 16.3. The van der Waals surface area contributed by atoms with E-state index in [0.717, 1.165) is 0 Å². The number of aliphatic hydroxyl groups excluding tert-OH is 1. The van der Waals surface area contributed by atoms with Gasteiger partial charge in [0, 0.05) is 31.4 Å². The van der Waals surface area contributed by atoms with E-state index in [1.807, 2.05) is 13.8 Å². The van der Waals surface area contributed by atoms with Gasteiger partial charge in [-0.1, -0.05) is 13.8 Å². The van der Waals surface area contributed by atoms with Crippen molar-refractivity contribution >= 4 is 17.7 Å². The van der Waals surface area contributed by atoms with Crippen LogP contribution in [0.3, 0.4) is 0 Å². The number of aliphatic hydroxyl groups is 1. The van der Waals surface area contributed by atoms with Crippen LogP contribution in [0.15, 0.2) is 40.9 Å². The summed E-state index contributed by atoms with van der Waals surface area (Å²) in [4.78, 5) is 20.0. The molecule has 0 aliphatic heterocycles. The Morgan fingerprint density at radius 3 is 2.61 bits per heavy atom. The standard InChI is InChI=1S/C14H16N2O2/c1-14(2)7-12(17)11(13(18)8-14)9-16-10-3-5-15-6-4-10/h3-6,9,17H,7-8H2,1-2H3. The third kappa shape index (κ3) is 2.83. The molecule has 1 aliphatic rings. The Morgan fingerprint density at radius 2 is 2.00 bits per heavy atom. The third-order valence-corrected chi connectivity index (χ3v) is 2.90. The van der Waals surface area contributed by atoms with Crippen molar-refractivity contribution in [2.45, 2.75) is 26.7 Å². The van der Waals surface area contributed by atoms with Crippen LogP contribution in [-0.4, -0.2) is 22.1 Å². The monoisotopic (exact) mass is 244 g/mol. The highest BCUT2D eigenvalue weighted by Gasteiger charge is 2.32. The van der Waals surface area contributed by atoms with Crippen LogP contribution in [0.2, 0.25) is 0 Å². The lowest BCUT2D eigenvalue weighted by atomic mass is 9.77. The molecule has 0 bridgehead atoms. The van der Waals surface area contributed by atoms with Gasteiger partial charge in [-0.2, -0.15) is 0 Å². The molecule has 0 fully saturated rings. The summed E-state index contributed by atoms with van der Waals surface area (Å²) in [6.45, 7) is 3.94. The number of hydrogen-bond donors (Lipinski definition) is 1. The summed E-state index contributed by atoms with van der Waals surface area (Å²) in [7, 11) is 0. The van der Waals surface area contributed by atoms with Gasteiger partial charge in [0.1, 0.15) is 5.76 Å². The predicted octanol–water partition coefficient (Wildman–Crippen LogP) is 2.99. The molecule has 4 nitrogen and oxygen atoms in total. The smallest absolute Gasteiger partial charge is 0.168 e. The minimum Gasteiger partial charge on any atom is -0.511 e. The van der Waals surface area contributed by atoms with Crippen LogP contribution in [0, 0.1) is 5.41 Å². The lowest BCUT2D eigenvalue weighted by Crippen LogP contribution is -2.26. The number of rotatable bonds is 2. The number of carbonyl (C=O) groups is 1. The quantitative estimate of drug-likeness (QED) is 0.813. The molecule has 0 spiro atoms. The van der Waals surface area contributed by atoms with Crippen molar-refractivity contribution in [1.29, 1.82) is 0 Å². The Labute approximate surface area is 106 Å². The molecule has 0 aromatic carbocycles. The van der Waals surface area contributed by atoms with Crippen LogP contribution < -0.4 is 0 Å². The molecule has 0 radical (unpaired) electrons. The number of aromatic nitrogens is 1. The van der Waals surface area contributed by atoms with Crippen LogP contribution in [0.1, 0.15) is 26.7 Å². The molecule has 0 saturated carbocycles. The van der Waals surface area contributed by atoms with Gasteiger partial charge < -0.3 is 5.11 Å². The van der Waals surface area contributed by atoms with E-state index in [1.165, 1.54) is 6.21 Å². The summed E-state index contributed by atoms with van der Waals surface area (Å²) in [6, 6.07) is 3.48. The fourth-order valence-electron chi connectivity index (χ4n) is 2.02. The zero-order chi connectivity index (χ0) is 13.2. The zero-order valence-electron chi connectivity index (χ0n) is 10.6. The van der Waals surface area contributed by atoms with Crippen LogP contribution >= 0.6 is 0 Å². The molecular formula is C14H16N2O2. The zero-order valence-corrected chi connectivity index (χ0v) is 10.6. The highest BCUT2D eigenvalue weighted by molar-refractivity contribution is 6.14. The first-order chi connectivity index (χ1) is 8.48. The number of hydrogen-bond acceptors (Lipinski definition) is 4. The fourth-order valence-corrected chi connectivity index (χ4v) is 2.02. The number of nitrogens with zero attached hydrogens (tertiary/aromatic N) is 2. The molecule has 18 heavy (non-hydrogen) atoms. The van der Waals surface area contributed by atoms with Gasteiger partial charge in [0.25, 0.3) is 0 Å². The lowest BCUT2D eigenvalue weighted by Gasteiger charge is -2.28. The van der Waals surface area contributed by atoms with Gasteiger partial charge in [0.05, 0.1) is 11.3 Å². The predicted molar refractivity (Wildman–Crippen MR) is 70.1 cm³/mol. The van der Waals surface area contributed by atoms with Gasteiger partial charge in [-0.25, -0.2) is 0 Å². The Balaban J connectivity index is 2.24. The summed E-state index contributed by atoms with van der Waals surface area (Å²) in [5.41, 5.74) is 0.865. The molecule has 4 heteroatoms. The van der Waals surface area contributed by atoms with Crippen molar-refractivity contribution in [2.24, 2.45) is 10.4 Å². The van der Waals surface area contributed by atoms with Crippen molar-refractivity contribution in [3.8, 4) is 0 Å². The van der Waals surface area contributed by atoms with Gasteiger partial charge in [-0.3, -0.25) is 14.8 Å². The number of Topliss-reactive ketones (excluding diaryl/α,β-unsaturated/α-hetero) is 1. The van der Waals surface area contributed by atoms with Gasteiger partial charge in [-0.15, -0.1) is 0 Å². The second-order valence-corrected chi connectivity index (χ2v) is 5.26. The summed E-state index contributed by atoms with van der Waals surface area (Å²) in [5.74, 6) is 0.0793. The molecule has 1 aromatic rings. The summed E-state index contributed by atoms with van der Waals surface area (Å²) >= 11 is 0. The molecule has 0 amide bonds. The SMILES string of the molecule is CC1(C)CC(=O)C(C=Nc2ccncc2)=C(O)C1. The molecule has 1 N–H and O–H groups in total. The molecule has 94 valence electrons. The minimum absolute atomic E-state index is 0.0541. The van der Waals surface area contributed by atoms with E-state index in [0.29, 0.717) is 24.1 Å². The van der Waals surface area contributed by atoms with E-state index >= 15 is 0 Å². The van der Waals surface area contributed by atoms with Gasteiger partial charge in [-0.05, 0) is 17.5 Å². The van der Waals surface area contributed by atoms with E-state index in [1.54, 1.807) is 24.5 Å². The Bertz CT molecular complexity index is 516.